The first-order valence-corrected chi connectivity index (χ1v) is 7.48. The van der Waals surface area contributed by atoms with Crippen LogP contribution < -0.4 is 5.32 Å². The van der Waals surface area contributed by atoms with Crippen molar-refractivity contribution in [3.63, 3.8) is 0 Å². The van der Waals surface area contributed by atoms with E-state index in [1.807, 2.05) is 67.6 Å². The number of aromatic nitrogens is 1. The molecule has 23 heavy (non-hydrogen) atoms. The standard InChI is InChI=1S/C19H18N2O2/c1-13(19(22)23-2)14-7-10-16(11-8-14)20-18-12-9-15-5-3-4-6-17(15)21-18/h3-13H,1-2H3,(H,20,21)/t13-/m0/s1. The van der Waals surface area contributed by atoms with Gasteiger partial charge in [-0.1, -0.05) is 30.3 Å². The van der Waals surface area contributed by atoms with Crippen LogP contribution in [-0.4, -0.2) is 18.1 Å². The molecule has 3 rings (SSSR count). The molecule has 0 fully saturated rings. The predicted octanol–water partition coefficient (Wildman–Crippen LogP) is 4.25. The summed E-state index contributed by atoms with van der Waals surface area (Å²) in [6, 6.07) is 19.7. The summed E-state index contributed by atoms with van der Waals surface area (Å²) in [5, 5.41) is 4.39. The van der Waals surface area contributed by atoms with Gasteiger partial charge in [-0.05, 0) is 42.8 Å². The molecule has 1 N–H and O–H groups in total. The summed E-state index contributed by atoms with van der Waals surface area (Å²) < 4.78 is 4.77. The van der Waals surface area contributed by atoms with E-state index in [2.05, 4.69) is 10.3 Å². The maximum Gasteiger partial charge on any atom is 0.312 e. The van der Waals surface area contributed by atoms with E-state index in [9.17, 15) is 4.79 Å². The predicted molar refractivity (Wildman–Crippen MR) is 91.9 cm³/mol. The molecule has 0 aliphatic carbocycles. The van der Waals surface area contributed by atoms with Gasteiger partial charge in [0, 0.05) is 11.1 Å². The van der Waals surface area contributed by atoms with Crippen LogP contribution in [0.2, 0.25) is 0 Å². The number of carbonyl (C=O) groups excluding carboxylic acids is 1. The Hall–Kier alpha value is -2.88. The molecule has 4 heteroatoms. The van der Waals surface area contributed by atoms with E-state index in [1.54, 1.807) is 0 Å². The number of rotatable bonds is 4. The second kappa shape index (κ2) is 6.48. The zero-order chi connectivity index (χ0) is 16.2. The molecule has 4 nitrogen and oxygen atoms in total. The first kappa shape index (κ1) is 15.0. The van der Waals surface area contributed by atoms with Crippen molar-refractivity contribution in [1.82, 2.24) is 4.98 Å². The van der Waals surface area contributed by atoms with E-state index in [0.717, 1.165) is 28.0 Å². The van der Waals surface area contributed by atoms with Crippen LogP contribution in [-0.2, 0) is 9.53 Å². The number of hydrogen-bond acceptors (Lipinski definition) is 4. The number of nitrogens with zero attached hydrogens (tertiary/aromatic N) is 1. The van der Waals surface area contributed by atoms with Crippen molar-refractivity contribution in [1.29, 1.82) is 0 Å². The van der Waals surface area contributed by atoms with Crippen molar-refractivity contribution < 1.29 is 9.53 Å². The first-order chi connectivity index (χ1) is 11.2. The Morgan fingerprint density at radius 2 is 1.78 bits per heavy atom. The van der Waals surface area contributed by atoms with Gasteiger partial charge < -0.3 is 10.1 Å². The number of ether oxygens (including phenoxy) is 1. The molecular formula is C19H18N2O2. The molecule has 0 radical (unpaired) electrons. The number of methoxy groups -OCH3 is 1. The molecule has 0 amide bonds. The lowest BCUT2D eigenvalue weighted by molar-refractivity contribution is -0.141. The van der Waals surface area contributed by atoms with Gasteiger partial charge in [0.05, 0.1) is 18.5 Å². The molecule has 0 bridgehead atoms. The monoisotopic (exact) mass is 306 g/mol. The van der Waals surface area contributed by atoms with E-state index in [1.165, 1.54) is 7.11 Å². The molecular weight excluding hydrogens is 288 g/mol. The summed E-state index contributed by atoms with van der Waals surface area (Å²) in [5.74, 6) is 0.284. The van der Waals surface area contributed by atoms with Crippen LogP contribution in [0.15, 0.2) is 60.7 Å². The van der Waals surface area contributed by atoms with Gasteiger partial charge in [-0.25, -0.2) is 4.98 Å². The van der Waals surface area contributed by atoms with Crippen LogP contribution >= 0.6 is 0 Å². The van der Waals surface area contributed by atoms with Gasteiger partial charge in [0.1, 0.15) is 5.82 Å². The van der Waals surface area contributed by atoms with Crippen molar-refractivity contribution in [2.45, 2.75) is 12.8 Å². The van der Waals surface area contributed by atoms with Crippen LogP contribution in [0.4, 0.5) is 11.5 Å². The maximum absolute atomic E-state index is 11.6. The van der Waals surface area contributed by atoms with Gasteiger partial charge in [0.25, 0.3) is 0 Å². The van der Waals surface area contributed by atoms with Crippen LogP contribution in [0.3, 0.4) is 0 Å². The quantitative estimate of drug-likeness (QED) is 0.732. The van der Waals surface area contributed by atoms with E-state index in [4.69, 9.17) is 4.74 Å². The highest BCUT2D eigenvalue weighted by Crippen LogP contribution is 2.22. The fourth-order valence-corrected chi connectivity index (χ4v) is 2.45. The number of fused-ring (bicyclic) bond motifs is 1. The van der Waals surface area contributed by atoms with Gasteiger partial charge in [-0.3, -0.25) is 4.79 Å². The molecule has 0 aliphatic heterocycles. The Kier molecular flexibility index (Phi) is 4.24. The van der Waals surface area contributed by atoms with Crippen molar-refractivity contribution >= 4 is 28.4 Å². The summed E-state index contributed by atoms with van der Waals surface area (Å²) in [7, 11) is 1.40. The minimum Gasteiger partial charge on any atom is -0.469 e. The number of esters is 1. The molecule has 1 aromatic heterocycles. The zero-order valence-corrected chi connectivity index (χ0v) is 13.1. The molecule has 0 unspecified atom stereocenters. The third kappa shape index (κ3) is 3.31. The van der Waals surface area contributed by atoms with Gasteiger partial charge in [-0.2, -0.15) is 0 Å². The minimum atomic E-state index is -0.271. The van der Waals surface area contributed by atoms with Crippen molar-refractivity contribution in [2.24, 2.45) is 0 Å². The molecule has 3 aromatic rings. The fourth-order valence-electron chi connectivity index (χ4n) is 2.45. The minimum absolute atomic E-state index is 0.234. The third-order valence-corrected chi connectivity index (χ3v) is 3.84. The Balaban J connectivity index is 1.78. The van der Waals surface area contributed by atoms with Crippen molar-refractivity contribution in [3.8, 4) is 0 Å². The summed E-state index contributed by atoms with van der Waals surface area (Å²) >= 11 is 0. The molecule has 1 atom stereocenters. The summed E-state index contributed by atoms with van der Waals surface area (Å²) in [5.41, 5.74) is 2.80. The average molecular weight is 306 g/mol. The lowest BCUT2D eigenvalue weighted by Crippen LogP contribution is -2.10. The smallest absolute Gasteiger partial charge is 0.312 e. The second-order valence-electron chi connectivity index (χ2n) is 5.38. The van der Waals surface area contributed by atoms with Crippen molar-refractivity contribution in [2.75, 3.05) is 12.4 Å². The number of hydrogen-bond donors (Lipinski definition) is 1. The van der Waals surface area contributed by atoms with Gasteiger partial charge in [0.15, 0.2) is 0 Å². The molecule has 1 heterocycles. The summed E-state index contributed by atoms with van der Waals surface area (Å²) in [6.07, 6.45) is 0. The Labute approximate surface area is 135 Å². The van der Waals surface area contributed by atoms with Crippen LogP contribution in [0.25, 0.3) is 10.9 Å². The van der Waals surface area contributed by atoms with Gasteiger partial charge in [-0.15, -0.1) is 0 Å². The number of para-hydroxylation sites is 1. The molecule has 0 spiro atoms. The zero-order valence-electron chi connectivity index (χ0n) is 13.1. The molecule has 2 aromatic carbocycles. The molecule has 116 valence electrons. The fraction of sp³-hybridized carbons (Fsp3) is 0.158. The molecule has 0 saturated carbocycles. The number of anilines is 2. The second-order valence-corrected chi connectivity index (χ2v) is 5.38. The Morgan fingerprint density at radius 1 is 1.04 bits per heavy atom. The number of benzene rings is 2. The highest BCUT2D eigenvalue weighted by molar-refractivity contribution is 5.81. The third-order valence-electron chi connectivity index (χ3n) is 3.84. The summed E-state index contributed by atoms with van der Waals surface area (Å²) in [4.78, 5) is 16.1. The lowest BCUT2D eigenvalue weighted by Gasteiger charge is -2.11. The summed E-state index contributed by atoms with van der Waals surface area (Å²) in [6.45, 7) is 1.83. The molecule has 0 saturated heterocycles. The van der Waals surface area contributed by atoms with E-state index in [0.29, 0.717) is 0 Å². The molecule has 0 aliphatic rings. The van der Waals surface area contributed by atoms with Crippen LogP contribution in [0, 0.1) is 0 Å². The number of pyridine rings is 1. The normalized spacial score (nSPS) is 11.9. The maximum atomic E-state index is 11.6. The number of nitrogens with one attached hydrogen (secondary N) is 1. The lowest BCUT2D eigenvalue weighted by atomic mass is 10.0. The average Bonchev–Trinajstić information content (AvgIpc) is 2.61. The van der Waals surface area contributed by atoms with E-state index in [-0.39, 0.29) is 11.9 Å². The highest BCUT2D eigenvalue weighted by atomic mass is 16.5. The van der Waals surface area contributed by atoms with Crippen LogP contribution in [0.1, 0.15) is 18.4 Å². The topological polar surface area (TPSA) is 51.2 Å². The van der Waals surface area contributed by atoms with E-state index < -0.39 is 0 Å². The first-order valence-electron chi connectivity index (χ1n) is 7.48. The largest absolute Gasteiger partial charge is 0.469 e. The Morgan fingerprint density at radius 3 is 2.52 bits per heavy atom. The van der Waals surface area contributed by atoms with Gasteiger partial charge >= 0.3 is 5.97 Å². The van der Waals surface area contributed by atoms with Crippen molar-refractivity contribution in [3.05, 3.63) is 66.2 Å². The van der Waals surface area contributed by atoms with Crippen LogP contribution in [0.5, 0.6) is 0 Å². The van der Waals surface area contributed by atoms with Gasteiger partial charge in [0.2, 0.25) is 0 Å². The highest BCUT2D eigenvalue weighted by Gasteiger charge is 2.15. The number of carbonyl (C=O) groups is 1. The Bertz CT molecular complexity index is 828. The SMILES string of the molecule is COC(=O)[C@@H](C)c1ccc(Nc2ccc3ccccc3n2)cc1. The van der Waals surface area contributed by atoms with E-state index >= 15 is 0 Å².